The van der Waals surface area contributed by atoms with Crippen molar-refractivity contribution in [2.45, 2.75) is 6.54 Å². The van der Waals surface area contributed by atoms with Gasteiger partial charge in [0.15, 0.2) is 0 Å². The van der Waals surface area contributed by atoms with E-state index in [1.54, 1.807) is 24.3 Å². The lowest BCUT2D eigenvalue weighted by Crippen LogP contribution is -2.22. The van der Waals surface area contributed by atoms with Gasteiger partial charge in [0.2, 0.25) is 0 Å². The molecule has 26 heavy (non-hydrogen) atoms. The van der Waals surface area contributed by atoms with Crippen LogP contribution in [0.3, 0.4) is 0 Å². The number of halogens is 3. The van der Waals surface area contributed by atoms with Crippen LogP contribution in [0.5, 0.6) is 0 Å². The topological polar surface area (TPSA) is 51.1 Å². The van der Waals surface area contributed by atoms with Crippen LogP contribution in [0.1, 0.15) is 15.9 Å². The summed E-state index contributed by atoms with van der Waals surface area (Å²) in [4.78, 5) is 24.5. The van der Waals surface area contributed by atoms with Gasteiger partial charge in [-0.3, -0.25) is 9.59 Å². The maximum atomic E-state index is 13.0. The highest BCUT2D eigenvalue weighted by atomic mass is 35.5. The van der Waals surface area contributed by atoms with Crippen molar-refractivity contribution in [2.75, 3.05) is 5.32 Å². The number of carbonyl (C=O) groups excluding carboxylic acids is 1. The van der Waals surface area contributed by atoms with E-state index in [-0.39, 0.29) is 23.5 Å². The highest BCUT2D eigenvalue weighted by Gasteiger charge is 2.11. The normalized spacial score (nSPS) is 10.6. The first-order chi connectivity index (χ1) is 12.4. The van der Waals surface area contributed by atoms with Gasteiger partial charge in [-0.2, -0.15) is 0 Å². The van der Waals surface area contributed by atoms with E-state index in [0.717, 1.165) is 5.56 Å². The second-order valence-electron chi connectivity index (χ2n) is 5.59. The number of amides is 1. The predicted molar refractivity (Wildman–Crippen MR) is 101 cm³/mol. The highest BCUT2D eigenvalue weighted by molar-refractivity contribution is 6.36. The Balaban J connectivity index is 1.83. The zero-order chi connectivity index (χ0) is 18.7. The van der Waals surface area contributed by atoms with Gasteiger partial charge >= 0.3 is 0 Å². The van der Waals surface area contributed by atoms with E-state index in [0.29, 0.717) is 15.7 Å². The van der Waals surface area contributed by atoms with Crippen LogP contribution in [0.2, 0.25) is 10.0 Å². The van der Waals surface area contributed by atoms with E-state index in [2.05, 4.69) is 5.32 Å². The van der Waals surface area contributed by atoms with Crippen LogP contribution in [-0.4, -0.2) is 10.5 Å². The monoisotopic (exact) mass is 390 g/mol. The maximum Gasteiger partial charge on any atom is 0.257 e. The SMILES string of the molecule is O=C(Nc1ccc(Cl)cc1Cl)c1ccc(=O)n(Cc2ccc(F)cc2)c1. The van der Waals surface area contributed by atoms with Crippen molar-refractivity contribution in [1.29, 1.82) is 0 Å². The van der Waals surface area contributed by atoms with Gasteiger partial charge in [-0.05, 0) is 42.0 Å². The number of nitrogens with one attached hydrogen (secondary N) is 1. The lowest BCUT2D eigenvalue weighted by Gasteiger charge is -2.10. The van der Waals surface area contributed by atoms with E-state index >= 15 is 0 Å². The number of carbonyl (C=O) groups is 1. The molecular formula is C19H13Cl2FN2O2. The second-order valence-corrected chi connectivity index (χ2v) is 6.43. The molecule has 4 nitrogen and oxygen atoms in total. The Morgan fingerprint density at radius 2 is 1.77 bits per heavy atom. The summed E-state index contributed by atoms with van der Waals surface area (Å²) in [6.45, 7) is 0.224. The first-order valence-electron chi connectivity index (χ1n) is 7.64. The molecule has 0 saturated carbocycles. The lowest BCUT2D eigenvalue weighted by atomic mass is 10.2. The summed E-state index contributed by atoms with van der Waals surface area (Å²) in [5.74, 6) is -0.767. The smallest absolute Gasteiger partial charge is 0.257 e. The number of hydrogen-bond acceptors (Lipinski definition) is 2. The van der Waals surface area contributed by atoms with Crippen LogP contribution in [-0.2, 0) is 6.54 Å². The number of anilines is 1. The van der Waals surface area contributed by atoms with Crippen LogP contribution in [0.4, 0.5) is 10.1 Å². The molecule has 0 aliphatic carbocycles. The van der Waals surface area contributed by atoms with Crippen LogP contribution < -0.4 is 10.9 Å². The predicted octanol–water partition coefficient (Wildman–Crippen LogP) is 4.59. The molecule has 7 heteroatoms. The molecule has 0 aliphatic rings. The molecule has 1 N–H and O–H groups in total. The van der Waals surface area contributed by atoms with Gasteiger partial charge in [0.1, 0.15) is 5.82 Å². The third-order valence-corrected chi connectivity index (χ3v) is 4.24. The van der Waals surface area contributed by atoms with Crippen molar-refractivity contribution in [3.8, 4) is 0 Å². The van der Waals surface area contributed by atoms with Crippen molar-refractivity contribution >= 4 is 34.8 Å². The van der Waals surface area contributed by atoms with Gasteiger partial charge in [0.25, 0.3) is 11.5 Å². The lowest BCUT2D eigenvalue weighted by molar-refractivity contribution is 0.102. The summed E-state index contributed by atoms with van der Waals surface area (Å²) in [5, 5.41) is 3.45. The van der Waals surface area contributed by atoms with Crippen LogP contribution in [0.15, 0.2) is 65.6 Å². The average molecular weight is 391 g/mol. The summed E-state index contributed by atoms with van der Waals surface area (Å²) in [6.07, 6.45) is 1.45. The van der Waals surface area contributed by atoms with Crippen LogP contribution in [0, 0.1) is 5.82 Å². The Morgan fingerprint density at radius 1 is 1.04 bits per heavy atom. The molecule has 3 aromatic rings. The van der Waals surface area contributed by atoms with Crippen molar-refractivity contribution in [3.63, 3.8) is 0 Å². The molecular weight excluding hydrogens is 378 g/mol. The molecule has 0 fully saturated rings. The zero-order valence-corrected chi connectivity index (χ0v) is 14.9. The Hall–Kier alpha value is -2.63. The number of rotatable bonds is 4. The van der Waals surface area contributed by atoms with Gasteiger partial charge in [0.05, 0.1) is 22.8 Å². The summed E-state index contributed by atoms with van der Waals surface area (Å²) >= 11 is 11.9. The minimum absolute atomic E-state index is 0.224. The van der Waals surface area contributed by atoms with E-state index in [4.69, 9.17) is 23.2 Å². The molecule has 0 saturated heterocycles. The van der Waals surface area contributed by atoms with Crippen molar-refractivity contribution < 1.29 is 9.18 Å². The van der Waals surface area contributed by atoms with Gasteiger partial charge in [-0.1, -0.05) is 35.3 Å². The van der Waals surface area contributed by atoms with Crippen molar-refractivity contribution in [1.82, 2.24) is 4.57 Å². The summed E-state index contributed by atoms with van der Waals surface area (Å²) in [6, 6.07) is 13.3. The van der Waals surface area contributed by atoms with E-state index in [1.807, 2.05) is 0 Å². The first kappa shape index (κ1) is 18.2. The van der Waals surface area contributed by atoms with Gasteiger partial charge in [-0.25, -0.2) is 4.39 Å². The van der Waals surface area contributed by atoms with Crippen molar-refractivity contribution in [2.24, 2.45) is 0 Å². The fourth-order valence-corrected chi connectivity index (χ4v) is 2.82. The molecule has 2 aromatic carbocycles. The van der Waals surface area contributed by atoms with Gasteiger partial charge < -0.3 is 9.88 Å². The maximum absolute atomic E-state index is 13.0. The molecule has 1 heterocycles. The largest absolute Gasteiger partial charge is 0.321 e. The molecule has 0 unspecified atom stereocenters. The summed E-state index contributed by atoms with van der Waals surface area (Å²) < 4.78 is 14.4. The van der Waals surface area contributed by atoms with E-state index in [9.17, 15) is 14.0 Å². The number of aromatic nitrogens is 1. The van der Waals surface area contributed by atoms with Gasteiger partial charge in [0, 0.05) is 17.3 Å². The number of pyridine rings is 1. The Kier molecular flexibility index (Phi) is 5.40. The molecule has 0 aliphatic heterocycles. The van der Waals surface area contributed by atoms with Crippen LogP contribution in [0.25, 0.3) is 0 Å². The molecule has 0 radical (unpaired) electrons. The third kappa shape index (κ3) is 4.31. The fourth-order valence-electron chi connectivity index (χ4n) is 2.36. The molecule has 1 aromatic heterocycles. The molecule has 132 valence electrons. The van der Waals surface area contributed by atoms with Gasteiger partial charge in [-0.15, -0.1) is 0 Å². The highest BCUT2D eigenvalue weighted by Crippen LogP contribution is 2.25. The average Bonchev–Trinajstić information content (AvgIpc) is 2.61. The second kappa shape index (κ2) is 7.72. The van der Waals surface area contributed by atoms with Crippen molar-refractivity contribution in [3.05, 3.63) is 98.1 Å². The Labute approximate surface area is 158 Å². The Morgan fingerprint density at radius 3 is 2.46 bits per heavy atom. The third-order valence-electron chi connectivity index (χ3n) is 3.69. The standard InChI is InChI=1S/C19H13Cl2FN2O2/c20-14-4-7-17(16(21)9-14)23-19(26)13-3-8-18(25)24(11-13)10-12-1-5-15(22)6-2-12/h1-9,11H,10H2,(H,23,26). The molecule has 0 atom stereocenters. The minimum atomic E-state index is -0.415. The first-order valence-corrected chi connectivity index (χ1v) is 8.39. The van der Waals surface area contributed by atoms with E-state index < -0.39 is 5.91 Å². The molecule has 0 bridgehead atoms. The number of hydrogen-bond donors (Lipinski definition) is 1. The molecule has 0 spiro atoms. The zero-order valence-electron chi connectivity index (χ0n) is 13.4. The minimum Gasteiger partial charge on any atom is -0.321 e. The van der Waals surface area contributed by atoms with Crippen LogP contribution >= 0.6 is 23.2 Å². The molecule has 3 rings (SSSR count). The quantitative estimate of drug-likeness (QED) is 0.707. The number of benzene rings is 2. The fraction of sp³-hybridized carbons (Fsp3) is 0.0526. The van der Waals surface area contributed by atoms with E-state index in [1.165, 1.54) is 41.1 Å². The Bertz CT molecular complexity index is 1020. The summed E-state index contributed by atoms with van der Waals surface area (Å²) in [7, 11) is 0. The number of nitrogens with zero attached hydrogens (tertiary/aromatic N) is 1. The molecule has 1 amide bonds. The summed E-state index contributed by atoms with van der Waals surface area (Å²) in [5.41, 5.74) is 1.18.